The zero-order chi connectivity index (χ0) is 17.6. The summed E-state index contributed by atoms with van der Waals surface area (Å²) in [6.07, 6.45) is 1.74. The molecule has 0 radical (unpaired) electrons. The summed E-state index contributed by atoms with van der Waals surface area (Å²) in [7, 11) is -10.3. The molecule has 126 valence electrons. The Morgan fingerprint density at radius 3 is 2.30 bits per heavy atom. The molecule has 23 heavy (non-hydrogen) atoms. The van der Waals surface area contributed by atoms with E-state index in [1.54, 1.807) is 0 Å². The SMILES string of the molecule is CC(=O)NC1(S(=O)(=O)O)C=Cc2c(O)cccc2C1S(=O)(=O)O. The molecule has 1 aliphatic carbocycles. The molecule has 1 aromatic rings. The fourth-order valence-corrected chi connectivity index (χ4v) is 5.30. The molecule has 1 aliphatic rings. The fraction of sp³-hybridized carbons (Fsp3) is 0.250. The molecule has 9 nitrogen and oxygen atoms in total. The molecular formula is C12H13NO8S2. The second-order valence-electron chi connectivity index (χ2n) is 4.96. The van der Waals surface area contributed by atoms with Crippen LogP contribution in [0.3, 0.4) is 0 Å². The van der Waals surface area contributed by atoms with Gasteiger partial charge in [0.2, 0.25) is 10.8 Å². The number of phenols is 1. The van der Waals surface area contributed by atoms with Crippen molar-refractivity contribution in [2.45, 2.75) is 17.0 Å². The van der Waals surface area contributed by atoms with Crippen LogP contribution < -0.4 is 5.32 Å². The van der Waals surface area contributed by atoms with Gasteiger partial charge in [-0.25, -0.2) is 0 Å². The summed E-state index contributed by atoms with van der Waals surface area (Å²) in [5.41, 5.74) is -0.346. The molecule has 0 saturated heterocycles. The van der Waals surface area contributed by atoms with Crippen molar-refractivity contribution >= 4 is 32.2 Å². The highest BCUT2D eigenvalue weighted by Crippen LogP contribution is 2.45. The summed E-state index contributed by atoms with van der Waals surface area (Å²) in [5.74, 6) is -1.32. The van der Waals surface area contributed by atoms with Crippen LogP contribution in [0, 0.1) is 0 Å². The predicted molar refractivity (Wildman–Crippen MR) is 79.5 cm³/mol. The highest BCUT2D eigenvalue weighted by molar-refractivity contribution is 7.91. The van der Waals surface area contributed by atoms with Gasteiger partial charge < -0.3 is 10.4 Å². The third-order valence-corrected chi connectivity index (χ3v) is 6.08. The van der Waals surface area contributed by atoms with Crippen LogP contribution in [-0.2, 0) is 25.0 Å². The minimum Gasteiger partial charge on any atom is -0.507 e. The number of aromatic hydroxyl groups is 1. The Bertz CT molecular complexity index is 903. The third-order valence-electron chi connectivity index (χ3n) is 3.38. The Morgan fingerprint density at radius 2 is 1.83 bits per heavy atom. The normalized spacial score (nSPS) is 24.0. The number of hydrogen-bond acceptors (Lipinski definition) is 6. The molecule has 0 bridgehead atoms. The maximum absolute atomic E-state index is 11.8. The summed E-state index contributed by atoms with van der Waals surface area (Å²) in [6, 6.07) is 3.61. The van der Waals surface area contributed by atoms with Gasteiger partial charge in [0.15, 0.2) is 5.25 Å². The van der Waals surface area contributed by atoms with E-state index in [2.05, 4.69) is 0 Å². The van der Waals surface area contributed by atoms with Crippen LogP contribution >= 0.6 is 0 Å². The second kappa shape index (κ2) is 5.30. The van der Waals surface area contributed by atoms with Gasteiger partial charge >= 0.3 is 0 Å². The molecule has 1 amide bonds. The average Bonchev–Trinajstić information content (AvgIpc) is 2.34. The van der Waals surface area contributed by atoms with Crippen molar-refractivity contribution in [3.8, 4) is 5.75 Å². The summed E-state index contributed by atoms with van der Waals surface area (Å²) in [4.78, 5) is 8.54. The van der Waals surface area contributed by atoms with Crippen molar-refractivity contribution in [1.82, 2.24) is 5.32 Å². The van der Waals surface area contributed by atoms with E-state index >= 15 is 0 Å². The van der Waals surface area contributed by atoms with E-state index in [1.807, 2.05) is 5.32 Å². The van der Waals surface area contributed by atoms with Gasteiger partial charge in [0.1, 0.15) is 5.75 Å². The van der Waals surface area contributed by atoms with Gasteiger partial charge in [0, 0.05) is 12.5 Å². The van der Waals surface area contributed by atoms with E-state index in [-0.39, 0.29) is 16.9 Å². The Morgan fingerprint density at radius 1 is 1.22 bits per heavy atom. The molecule has 0 fully saturated rings. The monoisotopic (exact) mass is 363 g/mol. The van der Waals surface area contributed by atoms with Gasteiger partial charge in [-0.3, -0.25) is 13.9 Å². The zero-order valence-electron chi connectivity index (χ0n) is 11.7. The minimum absolute atomic E-state index is 0.0558. The van der Waals surface area contributed by atoms with E-state index in [9.17, 15) is 35.8 Å². The lowest BCUT2D eigenvalue weighted by molar-refractivity contribution is -0.119. The average molecular weight is 363 g/mol. The molecule has 11 heteroatoms. The van der Waals surface area contributed by atoms with Crippen molar-refractivity contribution in [2.75, 3.05) is 0 Å². The first-order valence-corrected chi connectivity index (χ1v) is 9.07. The van der Waals surface area contributed by atoms with Crippen molar-refractivity contribution < 1.29 is 35.8 Å². The lowest BCUT2D eigenvalue weighted by Crippen LogP contribution is -2.58. The van der Waals surface area contributed by atoms with E-state index in [1.165, 1.54) is 12.1 Å². The third kappa shape index (κ3) is 2.83. The van der Waals surface area contributed by atoms with Gasteiger partial charge in [-0.1, -0.05) is 18.2 Å². The maximum Gasteiger partial charge on any atom is 0.294 e. The number of rotatable bonds is 3. The Labute approximate surface area is 132 Å². The fourth-order valence-electron chi connectivity index (χ4n) is 2.56. The van der Waals surface area contributed by atoms with Crippen LogP contribution in [0.2, 0.25) is 0 Å². The van der Waals surface area contributed by atoms with Gasteiger partial charge in [-0.2, -0.15) is 16.8 Å². The summed E-state index contributed by atoms with van der Waals surface area (Å²) in [6.45, 7) is 0.916. The second-order valence-corrected chi connectivity index (χ2v) is 8.08. The van der Waals surface area contributed by atoms with Crippen LogP contribution in [0.15, 0.2) is 24.3 Å². The quantitative estimate of drug-likeness (QED) is 0.549. The van der Waals surface area contributed by atoms with Crippen molar-refractivity contribution in [3.63, 3.8) is 0 Å². The maximum atomic E-state index is 11.8. The number of benzene rings is 1. The van der Waals surface area contributed by atoms with Gasteiger partial charge in [-0.05, 0) is 17.7 Å². The Hall–Kier alpha value is -1.95. The Kier molecular flexibility index (Phi) is 4.01. The molecule has 2 rings (SSSR count). The Balaban J connectivity index is 2.92. The molecule has 2 atom stereocenters. The highest BCUT2D eigenvalue weighted by Gasteiger charge is 2.57. The molecule has 1 aromatic carbocycles. The predicted octanol–water partition coefficient (Wildman–Crippen LogP) is 0.0681. The topological polar surface area (TPSA) is 158 Å². The van der Waals surface area contributed by atoms with Crippen LogP contribution in [0.25, 0.3) is 6.08 Å². The van der Waals surface area contributed by atoms with Crippen molar-refractivity contribution in [3.05, 3.63) is 35.4 Å². The number of amides is 1. The highest BCUT2D eigenvalue weighted by atomic mass is 32.2. The number of phenolic OH excluding ortho intramolecular Hbond substituents is 1. The van der Waals surface area contributed by atoms with Crippen molar-refractivity contribution in [2.24, 2.45) is 0 Å². The van der Waals surface area contributed by atoms with Crippen LogP contribution in [0.1, 0.15) is 23.3 Å². The molecule has 0 aromatic heterocycles. The molecule has 0 spiro atoms. The van der Waals surface area contributed by atoms with Gasteiger partial charge in [-0.15, -0.1) is 0 Å². The van der Waals surface area contributed by atoms with Crippen LogP contribution in [-0.4, -0.2) is 41.8 Å². The van der Waals surface area contributed by atoms with Crippen LogP contribution in [0.5, 0.6) is 5.75 Å². The zero-order valence-corrected chi connectivity index (χ0v) is 13.3. The molecular weight excluding hydrogens is 350 g/mol. The van der Waals surface area contributed by atoms with E-state index in [4.69, 9.17) is 0 Å². The molecule has 2 unspecified atom stereocenters. The number of carbonyl (C=O) groups excluding carboxylic acids is 1. The number of fused-ring (bicyclic) bond motifs is 1. The van der Waals surface area contributed by atoms with E-state index in [0.29, 0.717) is 6.08 Å². The van der Waals surface area contributed by atoms with E-state index in [0.717, 1.165) is 19.1 Å². The lowest BCUT2D eigenvalue weighted by atomic mass is 9.92. The summed E-state index contributed by atoms with van der Waals surface area (Å²) in [5, 5.41) is 9.37. The molecule has 0 heterocycles. The summed E-state index contributed by atoms with van der Waals surface area (Å²) >= 11 is 0. The minimum atomic E-state index is -5.21. The smallest absolute Gasteiger partial charge is 0.294 e. The molecule has 4 N–H and O–H groups in total. The van der Waals surface area contributed by atoms with Gasteiger partial charge in [0.25, 0.3) is 20.2 Å². The first-order valence-electron chi connectivity index (χ1n) is 6.13. The van der Waals surface area contributed by atoms with Gasteiger partial charge in [0.05, 0.1) is 0 Å². The van der Waals surface area contributed by atoms with E-state index < -0.39 is 36.3 Å². The largest absolute Gasteiger partial charge is 0.507 e. The number of carbonyl (C=O) groups is 1. The summed E-state index contributed by atoms with van der Waals surface area (Å²) < 4.78 is 66.4. The molecule has 0 saturated carbocycles. The number of nitrogens with one attached hydrogen (secondary N) is 1. The first kappa shape index (κ1) is 17.4. The molecule has 0 aliphatic heterocycles. The standard InChI is InChI=1S/C12H13NO8S2/c1-7(14)13-12(23(19,20)21)6-5-8-9(3-2-4-10(8)15)11(12)22(16,17)18/h2-6,11,15H,1H3,(H,13,14)(H,16,17,18)(H,19,20,21). The number of hydrogen-bond donors (Lipinski definition) is 4. The first-order chi connectivity index (χ1) is 10.4. The van der Waals surface area contributed by atoms with Crippen molar-refractivity contribution in [1.29, 1.82) is 0 Å². The van der Waals surface area contributed by atoms with Crippen LogP contribution in [0.4, 0.5) is 0 Å². The lowest BCUT2D eigenvalue weighted by Gasteiger charge is -2.37.